The molecule has 17 heavy (non-hydrogen) atoms. The molecule has 1 N–H and O–H groups in total. The summed E-state index contributed by atoms with van der Waals surface area (Å²) in [6.45, 7) is 2.21. The van der Waals surface area contributed by atoms with Crippen molar-refractivity contribution in [3.63, 3.8) is 0 Å². The van der Waals surface area contributed by atoms with Gasteiger partial charge in [-0.3, -0.25) is 4.79 Å². The normalized spacial score (nSPS) is 10.2. The van der Waals surface area contributed by atoms with Crippen LogP contribution in [0.5, 0.6) is 0 Å². The van der Waals surface area contributed by atoms with Crippen molar-refractivity contribution in [3.8, 4) is 0 Å². The number of nitrogens with zero attached hydrogens (tertiary/aromatic N) is 1. The van der Waals surface area contributed by atoms with Crippen LogP contribution >= 0.6 is 0 Å². The van der Waals surface area contributed by atoms with Crippen LogP contribution in [0.1, 0.15) is 51.9 Å². The second-order valence-electron chi connectivity index (χ2n) is 4.34. The zero-order valence-electron chi connectivity index (χ0n) is 10.7. The molecule has 0 saturated carbocycles. The van der Waals surface area contributed by atoms with Crippen LogP contribution in [0.25, 0.3) is 0 Å². The Bertz CT molecular complexity index is 311. The summed E-state index contributed by atoms with van der Waals surface area (Å²) in [6, 6.07) is 5.71. The van der Waals surface area contributed by atoms with E-state index in [4.69, 9.17) is 0 Å². The van der Waals surface area contributed by atoms with Crippen molar-refractivity contribution in [2.45, 2.75) is 51.9 Å². The van der Waals surface area contributed by atoms with Gasteiger partial charge in [0.2, 0.25) is 0 Å². The molecule has 1 aromatic rings. The maximum Gasteiger partial charge on any atom is 0.274 e. The van der Waals surface area contributed by atoms with E-state index in [1.54, 1.807) is 4.68 Å². The smallest absolute Gasteiger partial charge is 0.269 e. The molecule has 3 heteroatoms. The summed E-state index contributed by atoms with van der Waals surface area (Å²) in [7, 11) is 0. The van der Waals surface area contributed by atoms with Crippen LogP contribution in [0.3, 0.4) is 0 Å². The van der Waals surface area contributed by atoms with Crippen molar-refractivity contribution < 1.29 is 9.47 Å². The molecule has 0 aliphatic heterocycles. The minimum atomic E-state index is 0.0942. The minimum absolute atomic E-state index is 0.0942. The summed E-state index contributed by atoms with van der Waals surface area (Å²) in [5.41, 5.74) is 2.82. The number of hydrogen-bond donors (Lipinski definition) is 1. The summed E-state index contributed by atoms with van der Waals surface area (Å²) in [4.78, 5) is 11.6. The average Bonchev–Trinajstić information content (AvgIpc) is 2.35. The van der Waals surface area contributed by atoms with E-state index in [1.807, 2.05) is 30.6 Å². The zero-order chi connectivity index (χ0) is 12.3. The van der Waals surface area contributed by atoms with Crippen molar-refractivity contribution >= 4 is 5.91 Å². The van der Waals surface area contributed by atoms with Crippen LogP contribution < -0.4 is 10.1 Å². The first kappa shape index (κ1) is 13.7. The molecule has 0 aliphatic carbocycles. The number of carbonyl (C=O) groups is 1. The molecule has 1 heterocycles. The number of nitrogens with one attached hydrogen (secondary N) is 1. The van der Waals surface area contributed by atoms with Gasteiger partial charge in [0.15, 0.2) is 12.4 Å². The molecular formula is C14H23N2O+. The first-order chi connectivity index (χ1) is 8.33. The Balaban J connectivity index is 2.06. The Labute approximate surface area is 104 Å². The van der Waals surface area contributed by atoms with Crippen LogP contribution in [-0.4, -0.2) is 5.91 Å². The number of pyridine rings is 1. The number of aromatic nitrogens is 1. The SMILES string of the molecule is CCCCCCCCC(=O)N[n+]1ccccc1. The third kappa shape index (κ3) is 6.72. The van der Waals surface area contributed by atoms with Crippen LogP contribution in [0.15, 0.2) is 30.6 Å². The van der Waals surface area contributed by atoms with Crippen LogP contribution in [-0.2, 0) is 4.79 Å². The number of carbonyl (C=O) groups excluding carboxylic acids is 1. The van der Waals surface area contributed by atoms with Crippen molar-refractivity contribution in [2.24, 2.45) is 0 Å². The lowest BCUT2D eigenvalue weighted by molar-refractivity contribution is -0.642. The fourth-order valence-corrected chi connectivity index (χ4v) is 1.74. The highest BCUT2D eigenvalue weighted by Crippen LogP contribution is 2.06. The lowest BCUT2D eigenvalue weighted by atomic mass is 10.1. The van der Waals surface area contributed by atoms with Gasteiger partial charge in [-0.1, -0.05) is 49.8 Å². The van der Waals surface area contributed by atoms with Crippen LogP contribution in [0, 0.1) is 0 Å². The molecule has 0 spiro atoms. The molecule has 0 radical (unpaired) electrons. The summed E-state index contributed by atoms with van der Waals surface area (Å²) in [5.74, 6) is 0.0942. The highest BCUT2D eigenvalue weighted by molar-refractivity contribution is 5.81. The molecule has 1 aromatic heterocycles. The molecule has 0 bridgehead atoms. The van der Waals surface area contributed by atoms with Gasteiger partial charge in [-0.2, -0.15) is 0 Å². The number of hydrogen-bond acceptors (Lipinski definition) is 1. The van der Waals surface area contributed by atoms with Gasteiger partial charge in [0.25, 0.3) is 5.91 Å². The molecule has 0 aliphatic rings. The van der Waals surface area contributed by atoms with Crippen molar-refractivity contribution in [3.05, 3.63) is 30.6 Å². The maximum atomic E-state index is 11.6. The van der Waals surface area contributed by atoms with Crippen molar-refractivity contribution in [2.75, 3.05) is 5.43 Å². The fourth-order valence-electron chi connectivity index (χ4n) is 1.74. The van der Waals surface area contributed by atoms with Gasteiger partial charge >= 0.3 is 0 Å². The van der Waals surface area contributed by atoms with Crippen molar-refractivity contribution in [1.82, 2.24) is 0 Å². The third-order valence-corrected chi connectivity index (χ3v) is 2.73. The fraction of sp³-hybridized carbons (Fsp3) is 0.571. The van der Waals surface area contributed by atoms with E-state index >= 15 is 0 Å². The summed E-state index contributed by atoms with van der Waals surface area (Å²) in [5, 5.41) is 0. The Morgan fingerprint density at radius 1 is 1.00 bits per heavy atom. The minimum Gasteiger partial charge on any atom is -0.269 e. The highest BCUT2D eigenvalue weighted by Gasteiger charge is 2.05. The molecule has 94 valence electrons. The molecule has 0 unspecified atom stereocenters. The van der Waals surface area contributed by atoms with E-state index < -0.39 is 0 Å². The van der Waals surface area contributed by atoms with Crippen LogP contribution in [0.2, 0.25) is 0 Å². The molecule has 1 amide bonds. The maximum absolute atomic E-state index is 11.6. The highest BCUT2D eigenvalue weighted by atomic mass is 16.2. The topological polar surface area (TPSA) is 33.0 Å². The van der Waals surface area contributed by atoms with Gasteiger partial charge in [-0.25, -0.2) is 0 Å². The molecule has 3 nitrogen and oxygen atoms in total. The zero-order valence-corrected chi connectivity index (χ0v) is 10.7. The molecule has 0 atom stereocenters. The lowest BCUT2D eigenvalue weighted by Gasteiger charge is -2.00. The quantitative estimate of drug-likeness (QED) is 0.545. The van der Waals surface area contributed by atoms with E-state index in [0.29, 0.717) is 6.42 Å². The molecule has 0 fully saturated rings. The molecule has 1 rings (SSSR count). The van der Waals surface area contributed by atoms with E-state index in [-0.39, 0.29) is 5.91 Å². The van der Waals surface area contributed by atoms with Crippen molar-refractivity contribution in [1.29, 1.82) is 0 Å². The predicted molar refractivity (Wildman–Crippen MR) is 69.0 cm³/mol. The molecule has 0 saturated heterocycles. The first-order valence-electron chi connectivity index (χ1n) is 6.59. The number of amides is 1. The summed E-state index contributed by atoms with van der Waals surface area (Å²) >= 11 is 0. The largest absolute Gasteiger partial charge is 0.274 e. The summed E-state index contributed by atoms with van der Waals surface area (Å²) in [6.07, 6.45) is 11.6. The number of unbranched alkanes of at least 4 members (excludes halogenated alkanes) is 5. The van der Waals surface area contributed by atoms with E-state index in [9.17, 15) is 4.79 Å². The van der Waals surface area contributed by atoms with E-state index in [0.717, 1.165) is 12.8 Å². The Morgan fingerprint density at radius 3 is 2.35 bits per heavy atom. The third-order valence-electron chi connectivity index (χ3n) is 2.73. The van der Waals surface area contributed by atoms with Crippen LogP contribution in [0.4, 0.5) is 0 Å². The van der Waals surface area contributed by atoms with Gasteiger partial charge in [0.1, 0.15) is 0 Å². The Hall–Kier alpha value is -1.38. The summed E-state index contributed by atoms with van der Waals surface area (Å²) < 4.78 is 1.69. The van der Waals surface area contributed by atoms with Gasteiger partial charge in [0.05, 0.1) is 0 Å². The monoisotopic (exact) mass is 235 g/mol. The predicted octanol–water partition coefficient (Wildman–Crippen LogP) is 2.79. The van der Waals surface area contributed by atoms with Gasteiger partial charge in [-0.05, 0) is 6.42 Å². The van der Waals surface area contributed by atoms with Gasteiger partial charge < -0.3 is 0 Å². The standard InChI is InChI=1S/C14H22N2O/c1-2-3-4-5-6-8-11-14(17)15-16-12-9-7-10-13-16/h7,9-10,12-13H,2-6,8,11H2,1H3/p+1. The Kier molecular flexibility index (Phi) is 7.03. The van der Waals surface area contributed by atoms with Gasteiger partial charge in [-0.15, -0.1) is 5.43 Å². The van der Waals surface area contributed by atoms with Gasteiger partial charge in [0, 0.05) is 18.6 Å². The average molecular weight is 235 g/mol. The van der Waals surface area contributed by atoms with E-state index in [1.165, 1.54) is 25.7 Å². The second kappa shape index (κ2) is 8.74. The second-order valence-corrected chi connectivity index (χ2v) is 4.34. The van der Waals surface area contributed by atoms with E-state index in [2.05, 4.69) is 12.3 Å². The number of rotatable bonds is 8. The molecular weight excluding hydrogens is 212 g/mol. The first-order valence-corrected chi connectivity index (χ1v) is 6.59. The molecule has 0 aromatic carbocycles. The Morgan fingerprint density at radius 2 is 1.65 bits per heavy atom. The lowest BCUT2D eigenvalue weighted by Crippen LogP contribution is -2.47.